The fraction of sp³-hybridized carbons (Fsp3) is 0.667. The highest BCUT2D eigenvalue weighted by molar-refractivity contribution is 5.69. The molecule has 2 heterocycles. The van der Waals surface area contributed by atoms with Crippen LogP contribution in [0.3, 0.4) is 0 Å². The number of piperidine rings is 2. The molecule has 0 spiro atoms. The van der Waals surface area contributed by atoms with E-state index in [9.17, 15) is 9.90 Å². The third-order valence-electron chi connectivity index (χ3n) is 6.33. The number of benzene rings is 1. The number of β-amino-alcohol motifs (C(OH)–C–C–N with tert-alkyl or cyclic N) is 1. The SMILES string of the molecule is CC1[C@@H]2C[C@@H](CN(CC(O)COc3ccc(C#N)cc3)C2)C(C)N1C(=O)OC(C)(C)C. The highest BCUT2D eigenvalue weighted by Gasteiger charge is 2.46. The second kappa shape index (κ2) is 9.46. The van der Waals surface area contributed by atoms with Gasteiger partial charge in [-0.05, 0) is 77.1 Å². The number of carbonyl (C=O) groups excluding carboxylic acids is 1. The minimum atomic E-state index is -0.609. The van der Waals surface area contributed by atoms with Crippen LogP contribution in [0.15, 0.2) is 24.3 Å². The number of hydrogen-bond acceptors (Lipinski definition) is 6. The number of nitrogens with zero attached hydrogens (tertiary/aromatic N) is 3. The molecule has 1 aromatic carbocycles. The van der Waals surface area contributed by atoms with Crippen LogP contribution in [0, 0.1) is 23.2 Å². The minimum absolute atomic E-state index is 0.0935. The lowest BCUT2D eigenvalue weighted by atomic mass is 9.76. The van der Waals surface area contributed by atoms with E-state index in [2.05, 4.69) is 24.8 Å². The maximum Gasteiger partial charge on any atom is 0.410 e. The first kappa shape index (κ1) is 23.4. The van der Waals surface area contributed by atoms with Crippen molar-refractivity contribution in [2.24, 2.45) is 11.8 Å². The van der Waals surface area contributed by atoms with Gasteiger partial charge in [0.25, 0.3) is 0 Å². The van der Waals surface area contributed by atoms with Crippen LogP contribution in [-0.4, -0.2) is 71.0 Å². The number of nitriles is 1. The molecule has 2 bridgehead atoms. The molecular weight excluding hydrogens is 394 g/mol. The van der Waals surface area contributed by atoms with Gasteiger partial charge in [0.1, 0.15) is 24.1 Å². The number of likely N-dealkylation sites (tertiary alicyclic amines) is 2. The average Bonchev–Trinajstić information content (AvgIpc) is 2.70. The van der Waals surface area contributed by atoms with Gasteiger partial charge in [-0.2, -0.15) is 5.26 Å². The molecule has 31 heavy (non-hydrogen) atoms. The van der Waals surface area contributed by atoms with Crippen LogP contribution >= 0.6 is 0 Å². The fourth-order valence-electron chi connectivity index (χ4n) is 4.76. The molecule has 7 nitrogen and oxygen atoms in total. The number of amides is 1. The van der Waals surface area contributed by atoms with Crippen molar-refractivity contribution >= 4 is 6.09 Å². The summed E-state index contributed by atoms with van der Waals surface area (Å²) in [6, 6.07) is 9.15. The standard InChI is InChI=1S/C24H35N3O4/c1-16-19-10-20(17(2)27(16)23(29)31-24(3,4)5)13-26(12-19)14-21(28)15-30-22-8-6-18(11-25)7-9-22/h6-9,16-17,19-21,28H,10,12-15H2,1-5H3/t16?,17?,19-,20+,21?. The van der Waals surface area contributed by atoms with Gasteiger partial charge < -0.3 is 19.5 Å². The van der Waals surface area contributed by atoms with Crippen LogP contribution in [0.5, 0.6) is 5.75 Å². The van der Waals surface area contributed by atoms with E-state index in [1.54, 1.807) is 24.3 Å². The van der Waals surface area contributed by atoms with E-state index in [0.29, 0.717) is 29.7 Å². The van der Waals surface area contributed by atoms with Crippen molar-refractivity contribution < 1.29 is 19.4 Å². The van der Waals surface area contributed by atoms with Crippen molar-refractivity contribution in [3.63, 3.8) is 0 Å². The van der Waals surface area contributed by atoms with Crippen LogP contribution < -0.4 is 4.74 Å². The van der Waals surface area contributed by atoms with Crippen LogP contribution in [0.25, 0.3) is 0 Å². The summed E-state index contributed by atoms with van der Waals surface area (Å²) in [6.07, 6.45) is 0.254. The maximum absolute atomic E-state index is 12.8. The van der Waals surface area contributed by atoms with Gasteiger partial charge in [-0.15, -0.1) is 0 Å². The summed E-state index contributed by atoms with van der Waals surface area (Å²) in [6.45, 7) is 12.3. The number of aliphatic hydroxyl groups excluding tert-OH is 1. The van der Waals surface area contributed by atoms with Gasteiger partial charge in [-0.3, -0.25) is 4.90 Å². The number of hydrogen-bond donors (Lipinski definition) is 1. The van der Waals surface area contributed by atoms with E-state index >= 15 is 0 Å². The van der Waals surface area contributed by atoms with Crippen LogP contribution in [-0.2, 0) is 4.74 Å². The second-order valence-corrected chi connectivity index (χ2v) is 9.94. The van der Waals surface area contributed by atoms with Crippen LogP contribution in [0.1, 0.15) is 46.6 Å². The Balaban J connectivity index is 1.54. The molecule has 0 saturated carbocycles. The molecule has 3 rings (SSSR count). The molecule has 2 aliphatic heterocycles. The lowest BCUT2D eigenvalue weighted by Crippen LogP contribution is -2.63. The predicted molar refractivity (Wildman–Crippen MR) is 118 cm³/mol. The minimum Gasteiger partial charge on any atom is -0.491 e. The Morgan fingerprint density at radius 3 is 2.29 bits per heavy atom. The smallest absolute Gasteiger partial charge is 0.410 e. The summed E-state index contributed by atoms with van der Waals surface area (Å²) in [7, 11) is 0. The first-order chi connectivity index (χ1) is 14.6. The van der Waals surface area contributed by atoms with E-state index in [0.717, 1.165) is 19.5 Å². The zero-order valence-corrected chi connectivity index (χ0v) is 19.2. The molecule has 1 amide bonds. The van der Waals surface area contributed by atoms with Crippen molar-refractivity contribution in [3.05, 3.63) is 29.8 Å². The molecule has 5 atom stereocenters. The van der Waals surface area contributed by atoms with Crippen LogP contribution in [0.4, 0.5) is 4.79 Å². The molecule has 1 aromatic rings. The van der Waals surface area contributed by atoms with Crippen molar-refractivity contribution in [1.82, 2.24) is 9.80 Å². The van der Waals surface area contributed by atoms with Crippen molar-refractivity contribution in [2.45, 2.75) is 64.8 Å². The van der Waals surface area contributed by atoms with E-state index in [1.807, 2.05) is 25.7 Å². The lowest BCUT2D eigenvalue weighted by Gasteiger charge is -2.53. The molecule has 2 aliphatic rings. The Bertz CT molecular complexity index is 781. The fourth-order valence-corrected chi connectivity index (χ4v) is 4.76. The van der Waals surface area contributed by atoms with Gasteiger partial charge >= 0.3 is 6.09 Å². The number of fused-ring (bicyclic) bond motifs is 2. The lowest BCUT2D eigenvalue weighted by molar-refractivity contribution is -0.0640. The maximum atomic E-state index is 12.8. The van der Waals surface area contributed by atoms with E-state index in [-0.39, 0.29) is 24.8 Å². The molecule has 2 saturated heterocycles. The molecule has 7 heteroatoms. The summed E-state index contributed by atoms with van der Waals surface area (Å²) < 4.78 is 11.3. The Kier molecular flexibility index (Phi) is 7.13. The Morgan fingerprint density at radius 1 is 1.19 bits per heavy atom. The number of aliphatic hydroxyl groups is 1. The number of rotatable bonds is 5. The predicted octanol–water partition coefficient (Wildman–Crippen LogP) is 3.26. The first-order valence-corrected chi connectivity index (χ1v) is 11.1. The zero-order chi connectivity index (χ0) is 22.8. The molecule has 0 aliphatic carbocycles. The largest absolute Gasteiger partial charge is 0.491 e. The number of carbonyl (C=O) groups is 1. The van der Waals surface area contributed by atoms with Crippen molar-refractivity contribution in [1.29, 1.82) is 5.26 Å². The summed E-state index contributed by atoms with van der Waals surface area (Å²) in [5.74, 6) is 1.35. The first-order valence-electron chi connectivity index (χ1n) is 11.1. The highest BCUT2D eigenvalue weighted by atomic mass is 16.6. The van der Waals surface area contributed by atoms with Gasteiger partial charge in [0.2, 0.25) is 0 Å². The van der Waals surface area contributed by atoms with E-state index in [1.165, 1.54) is 0 Å². The molecule has 3 unspecified atom stereocenters. The summed E-state index contributed by atoms with van der Waals surface area (Å²) in [5, 5.41) is 19.4. The average molecular weight is 430 g/mol. The topological polar surface area (TPSA) is 86.0 Å². The van der Waals surface area contributed by atoms with Gasteiger partial charge in [0.05, 0.1) is 11.6 Å². The van der Waals surface area contributed by atoms with Gasteiger partial charge in [-0.25, -0.2) is 4.79 Å². The van der Waals surface area contributed by atoms with Gasteiger partial charge in [0.15, 0.2) is 0 Å². The quantitative estimate of drug-likeness (QED) is 0.773. The second-order valence-electron chi connectivity index (χ2n) is 9.94. The highest BCUT2D eigenvalue weighted by Crippen LogP contribution is 2.38. The van der Waals surface area contributed by atoms with Crippen molar-refractivity contribution in [2.75, 3.05) is 26.2 Å². The Morgan fingerprint density at radius 2 is 1.77 bits per heavy atom. The van der Waals surface area contributed by atoms with Crippen molar-refractivity contribution in [3.8, 4) is 11.8 Å². The molecule has 1 N–H and O–H groups in total. The molecule has 170 valence electrons. The van der Waals surface area contributed by atoms with E-state index in [4.69, 9.17) is 14.7 Å². The third kappa shape index (κ3) is 5.90. The number of ether oxygens (including phenoxy) is 2. The summed E-state index contributed by atoms with van der Waals surface area (Å²) in [5.41, 5.74) is 0.0742. The Hall–Kier alpha value is -2.30. The zero-order valence-electron chi connectivity index (χ0n) is 19.2. The van der Waals surface area contributed by atoms with Gasteiger partial charge in [0, 0.05) is 31.7 Å². The normalized spacial score (nSPS) is 27.3. The molecule has 0 aromatic heterocycles. The molecule has 0 radical (unpaired) electrons. The Labute approximate surface area is 185 Å². The van der Waals surface area contributed by atoms with Crippen LogP contribution in [0.2, 0.25) is 0 Å². The molecular formula is C24H35N3O4. The monoisotopic (exact) mass is 429 g/mol. The summed E-state index contributed by atoms with van der Waals surface area (Å²) >= 11 is 0. The summed E-state index contributed by atoms with van der Waals surface area (Å²) in [4.78, 5) is 17.0. The van der Waals surface area contributed by atoms with E-state index < -0.39 is 11.7 Å². The molecule has 2 fully saturated rings. The van der Waals surface area contributed by atoms with Gasteiger partial charge in [-0.1, -0.05) is 0 Å². The third-order valence-corrected chi connectivity index (χ3v) is 6.33.